The zero-order valence-electron chi connectivity index (χ0n) is 20.0. The second kappa shape index (κ2) is 9.30. The Morgan fingerprint density at radius 1 is 0.639 bits per heavy atom. The molecule has 0 aliphatic carbocycles. The van der Waals surface area contributed by atoms with Crippen LogP contribution in [0.2, 0.25) is 0 Å². The van der Waals surface area contributed by atoms with E-state index in [9.17, 15) is 20.2 Å². The smallest absolute Gasteiger partial charge is 0.214 e. The van der Waals surface area contributed by atoms with Crippen LogP contribution in [0.25, 0.3) is 21.8 Å². The maximum Gasteiger partial charge on any atom is 0.214 e. The van der Waals surface area contributed by atoms with E-state index < -0.39 is 11.8 Å². The Kier molecular flexibility index (Phi) is 6.01. The van der Waals surface area contributed by atoms with Gasteiger partial charge in [0.05, 0.1) is 11.8 Å². The molecule has 2 unspecified atom stereocenters. The lowest BCUT2D eigenvalue weighted by Crippen LogP contribution is -2.16. The zero-order chi connectivity index (χ0) is 25.4. The SMILES string of the molecule is Cc1[nH]c2ccccc2c1C(C[N+](=O)[O-])c1ccc(C(C[N+](=O)[O-])c2c(C)[nH]c3ccccc23)cc1. The van der Waals surface area contributed by atoms with Crippen LogP contribution in [0.3, 0.4) is 0 Å². The lowest BCUT2D eigenvalue weighted by atomic mass is 9.85. The number of aromatic amines is 2. The molecule has 5 aromatic rings. The largest absolute Gasteiger partial charge is 0.358 e. The molecule has 0 fully saturated rings. The molecule has 3 aromatic carbocycles. The molecule has 0 spiro atoms. The maximum absolute atomic E-state index is 11.7. The highest BCUT2D eigenvalue weighted by molar-refractivity contribution is 5.86. The summed E-state index contributed by atoms with van der Waals surface area (Å²) in [5.74, 6) is -0.900. The Bertz CT molecular complexity index is 1460. The van der Waals surface area contributed by atoms with E-state index in [1.165, 1.54) is 0 Å². The molecule has 2 atom stereocenters. The topological polar surface area (TPSA) is 118 Å². The molecule has 2 N–H and O–H groups in total. The molecule has 0 aliphatic rings. The summed E-state index contributed by atoms with van der Waals surface area (Å²) in [4.78, 5) is 29.4. The molecule has 2 heterocycles. The van der Waals surface area contributed by atoms with Gasteiger partial charge in [-0.05, 0) is 48.2 Å². The minimum atomic E-state index is -0.450. The number of aromatic nitrogens is 2. The summed E-state index contributed by atoms with van der Waals surface area (Å²) in [6.07, 6.45) is 0. The molecule has 182 valence electrons. The van der Waals surface area contributed by atoms with E-state index in [2.05, 4.69) is 9.97 Å². The number of hydrogen-bond donors (Lipinski definition) is 2. The summed E-state index contributed by atoms with van der Waals surface area (Å²) >= 11 is 0. The first kappa shape index (κ1) is 23.3. The van der Waals surface area contributed by atoms with Crippen molar-refractivity contribution in [2.24, 2.45) is 0 Å². The predicted octanol–water partition coefficient (Wildman–Crippen LogP) is 6.08. The summed E-state index contributed by atoms with van der Waals surface area (Å²) < 4.78 is 0. The highest BCUT2D eigenvalue weighted by atomic mass is 16.6. The minimum absolute atomic E-state index is 0.248. The molecule has 8 heteroatoms. The monoisotopic (exact) mass is 482 g/mol. The fourth-order valence-corrected chi connectivity index (χ4v) is 5.48. The van der Waals surface area contributed by atoms with Gasteiger partial charge >= 0.3 is 0 Å². The van der Waals surface area contributed by atoms with Gasteiger partial charge < -0.3 is 9.97 Å². The second-order valence-electron chi connectivity index (χ2n) is 9.22. The van der Waals surface area contributed by atoms with Crippen molar-refractivity contribution in [3.05, 3.63) is 127 Å². The van der Waals surface area contributed by atoms with Crippen LogP contribution in [0.1, 0.15) is 45.5 Å². The molecule has 0 amide bonds. The summed E-state index contributed by atoms with van der Waals surface area (Å²) in [6, 6.07) is 23.1. The predicted molar refractivity (Wildman–Crippen MR) is 140 cm³/mol. The molecule has 5 rings (SSSR count). The van der Waals surface area contributed by atoms with Crippen molar-refractivity contribution < 1.29 is 9.85 Å². The lowest BCUT2D eigenvalue weighted by Gasteiger charge is -2.18. The second-order valence-corrected chi connectivity index (χ2v) is 9.22. The summed E-state index contributed by atoms with van der Waals surface area (Å²) in [5.41, 5.74) is 7.10. The Morgan fingerprint density at radius 2 is 1.00 bits per heavy atom. The number of fused-ring (bicyclic) bond motifs is 2. The van der Waals surface area contributed by atoms with E-state index in [0.29, 0.717) is 0 Å². The Balaban J connectivity index is 1.59. The molecule has 0 aliphatic heterocycles. The molecular formula is C28H26N4O4. The number of hydrogen-bond acceptors (Lipinski definition) is 4. The number of nitrogens with one attached hydrogen (secondary N) is 2. The zero-order valence-corrected chi connectivity index (χ0v) is 20.0. The van der Waals surface area contributed by atoms with Crippen LogP contribution in [-0.4, -0.2) is 32.9 Å². The summed E-state index contributed by atoms with van der Waals surface area (Å²) in [5, 5.41) is 25.2. The van der Waals surface area contributed by atoms with Crippen LogP contribution in [0, 0.1) is 34.1 Å². The third kappa shape index (κ3) is 4.22. The van der Waals surface area contributed by atoms with E-state index in [1.54, 1.807) is 0 Å². The first-order valence-electron chi connectivity index (χ1n) is 11.8. The average Bonchev–Trinajstić information content (AvgIpc) is 3.36. The normalized spacial score (nSPS) is 13.2. The van der Waals surface area contributed by atoms with Gasteiger partial charge in [0.2, 0.25) is 13.1 Å². The number of nitrogens with zero attached hydrogens (tertiary/aromatic N) is 2. The molecule has 8 nitrogen and oxygen atoms in total. The Hall–Kier alpha value is -4.46. The summed E-state index contributed by atoms with van der Waals surface area (Å²) in [6.45, 7) is 3.37. The molecule has 0 radical (unpaired) electrons. The van der Waals surface area contributed by atoms with Crippen molar-refractivity contribution in [1.29, 1.82) is 0 Å². The van der Waals surface area contributed by atoms with Crippen LogP contribution in [-0.2, 0) is 0 Å². The van der Waals surface area contributed by atoms with Gasteiger partial charge in [-0.1, -0.05) is 60.7 Å². The molecular weight excluding hydrogens is 456 g/mol. The third-order valence-electron chi connectivity index (χ3n) is 6.99. The maximum atomic E-state index is 11.7. The van der Waals surface area contributed by atoms with Crippen LogP contribution in [0.15, 0.2) is 72.8 Å². The van der Waals surface area contributed by atoms with Gasteiger partial charge in [0.25, 0.3) is 0 Å². The van der Waals surface area contributed by atoms with Gasteiger partial charge in [0, 0.05) is 43.0 Å². The first-order chi connectivity index (χ1) is 17.3. The molecule has 0 bridgehead atoms. The van der Waals surface area contributed by atoms with Crippen molar-refractivity contribution in [3.8, 4) is 0 Å². The summed E-state index contributed by atoms with van der Waals surface area (Å²) in [7, 11) is 0. The number of benzene rings is 3. The standard InChI is InChI=1S/C28H26N4O4/c1-17-27(21-7-3-5-9-25(21)29-17)23(15-31(33)34)19-11-13-20(14-12-19)24(16-32(35)36)28-18(2)30-26-10-6-4-8-22(26)28/h3-14,23-24,29-30H,15-16H2,1-2H3. The van der Waals surface area contributed by atoms with E-state index >= 15 is 0 Å². The fourth-order valence-electron chi connectivity index (χ4n) is 5.48. The minimum Gasteiger partial charge on any atom is -0.358 e. The van der Waals surface area contributed by atoms with Crippen LogP contribution in [0.4, 0.5) is 0 Å². The average molecular weight is 483 g/mol. The Labute approximate surface area is 207 Å². The van der Waals surface area contributed by atoms with Crippen LogP contribution < -0.4 is 0 Å². The van der Waals surface area contributed by atoms with Crippen molar-refractivity contribution in [3.63, 3.8) is 0 Å². The van der Waals surface area contributed by atoms with Gasteiger partial charge in [0.1, 0.15) is 0 Å². The number of H-pyrrole nitrogens is 2. The fraction of sp³-hybridized carbons (Fsp3) is 0.214. The lowest BCUT2D eigenvalue weighted by molar-refractivity contribution is -0.482. The van der Waals surface area contributed by atoms with Gasteiger partial charge in [-0.2, -0.15) is 0 Å². The number of aryl methyl sites for hydroxylation is 2. The molecule has 0 saturated carbocycles. The third-order valence-corrected chi connectivity index (χ3v) is 6.99. The quantitative estimate of drug-likeness (QED) is 0.206. The van der Waals surface area contributed by atoms with Crippen molar-refractivity contribution in [2.45, 2.75) is 25.7 Å². The van der Waals surface area contributed by atoms with Crippen LogP contribution >= 0.6 is 0 Å². The first-order valence-corrected chi connectivity index (χ1v) is 11.8. The van der Waals surface area contributed by atoms with Crippen molar-refractivity contribution in [2.75, 3.05) is 13.1 Å². The van der Waals surface area contributed by atoms with Gasteiger partial charge in [-0.15, -0.1) is 0 Å². The van der Waals surface area contributed by atoms with Crippen molar-refractivity contribution >= 4 is 21.8 Å². The van der Waals surface area contributed by atoms with Gasteiger partial charge in [-0.3, -0.25) is 20.2 Å². The van der Waals surface area contributed by atoms with E-state index in [-0.39, 0.29) is 22.9 Å². The van der Waals surface area contributed by atoms with E-state index in [1.807, 2.05) is 86.6 Å². The Morgan fingerprint density at radius 3 is 1.36 bits per heavy atom. The molecule has 0 saturated heterocycles. The van der Waals surface area contributed by atoms with Gasteiger partial charge in [0.15, 0.2) is 0 Å². The highest BCUT2D eigenvalue weighted by Gasteiger charge is 2.28. The van der Waals surface area contributed by atoms with Crippen molar-refractivity contribution in [1.82, 2.24) is 9.97 Å². The number of para-hydroxylation sites is 2. The highest BCUT2D eigenvalue weighted by Crippen LogP contribution is 2.37. The van der Waals surface area contributed by atoms with Crippen LogP contribution in [0.5, 0.6) is 0 Å². The van der Waals surface area contributed by atoms with Gasteiger partial charge in [-0.25, -0.2) is 0 Å². The van der Waals surface area contributed by atoms with E-state index in [0.717, 1.165) is 55.4 Å². The molecule has 2 aromatic heterocycles. The molecule has 36 heavy (non-hydrogen) atoms. The number of nitro groups is 2. The number of rotatable bonds is 8. The van der Waals surface area contributed by atoms with E-state index in [4.69, 9.17) is 0 Å².